The lowest BCUT2D eigenvalue weighted by Gasteiger charge is -2.31. The first-order valence-electron chi connectivity index (χ1n) is 4.70. The molecule has 1 unspecified atom stereocenters. The first-order valence-corrected chi connectivity index (χ1v) is 4.70. The van der Waals surface area contributed by atoms with Gasteiger partial charge in [-0.25, -0.2) is 9.97 Å². The Labute approximate surface area is 82.9 Å². The van der Waals surface area contributed by atoms with Gasteiger partial charge in [0.15, 0.2) is 0 Å². The molecule has 1 atom stereocenters. The summed E-state index contributed by atoms with van der Waals surface area (Å²) in [5, 5.41) is 0. The second-order valence-electron chi connectivity index (χ2n) is 3.43. The molecule has 1 aromatic heterocycles. The van der Waals surface area contributed by atoms with E-state index in [2.05, 4.69) is 21.8 Å². The van der Waals surface area contributed by atoms with Gasteiger partial charge in [0.2, 0.25) is 0 Å². The van der Waals surface area contributed by atoms with Gasteiger partial charge in [0.1, 0.15) is 18.0 Å². The fraction of sp³-hybridized carbons (Fsp3) is 0.556. The Morgan fingerprint density at radius 3 is 3.14 bits per heavy atom. The van der Waals surface area contributed by atoms with E-state index in [-0.39, 0.29) is 6.10 Å². The first-order chi connectivity index (χ1) is 6.75. The third kappa shape index (κ3) is 1.93. The monoisotopic (exact) mass is 194 g/mol. The highest BCUT2D eigenvalue weighted by Crippen LogP contribution is 2.15. The molecule has 76 valence electrons. The summed E-state index contributed by atoms with van der Waals surface area (Å²) in [5.41, 5.74) is 5.59. The Bertz CT molecular complexity index is 317. The highest BCUT2D eigenvalue weighted by Gasteiger charge is 2.17. The Hall–Kier alpha value is -1.36. The zero-order valence-electron chi connectivity index (χ0n) is 8.18. The van der Waals surface area contributed by atoms with Gasteiger partial charge in [0.25, 0.3) is 0 Å². The number of rotatable bonds is 1. The molecule has 2 heterocycles. The quantitative estimate of drug-likeness (QED) is 0.695. The van der Waals surface area contributed by atoms with E-state index in [1.807, 2.05) is 0 Å². The van der Waals surface area contributed by atoms with Gasteiger partial charge in [-0.2, -0.15) is 0 Å². The predicted molar refractivity (Wildman–Crippen MR) is 54.1 cm³/mol. The van der Waals surface area contributed by atoms with Crippen LogP contribution < -0.4 is 10.6 Å². The third-order valence-corrected chi connectivity index (χ3v) is 2.24. The standard InChI is InChI=1S/C9H14N4O/c1-7-5-13(2-3-14-7)9-4-8(10)11-6-12-9/h4,6-7H,2-3,5H2,1H3,(H2,10,11,12). The lowest BCUT2D eigenvalue weighted by atomic mass is 10.3. The maximum absolute atomic E-state index is 5.59. The lowest BCUT2D eigenvalue weighted by Crippen LogP contribution is -2.41. The normalized spacial score (nSPS) is 22.4. The summed E-state index contributed by atoms with van der Waals surface area (Å²) in [6.07, 6.45) is 1.74. The van der Waals surface area contributed by atoms with Crippen molar-refractivity contribution in [2.45, 2.75) is 13.0 Å². The van der Waals surface area contributed by atoms with Crippen LogP contribution in [-0.4, -0.2) is 35.8 Å². The summed E-state index contributed by atoms with van der Waals surface area (Å²) in [5.74, 6) is 1.39. The number of aromatic nitrogens is 2. The maximum Gasteiger partial charge on any atom is 0.134 e. The van der Waals surface area contributed by atoms with Crippen molar-refractivity contribution >= 4 is 11.6 Å². The minimum Gasteiger partial charge on any atom is -0.384 e. The van der Waals surface area contributed by atoms with Crippen LogP contribution in [0.4, 0.5) is 11.6 Å². The van der Waals surface area contributed by atoms with Crippen molar-refractivity contribution < 1.29 is 4.74 Å². The molecule has 0 aromatic carbocycles. The van der Waals surface area contributed by atoms with E-state index in [1.54, 1.807) is 6.07 Å². The number of morpholine rings is 1. The van der Waals surface area contributed by atoms with Crippen LogP contribution in [0.15, 0.2) is 12.4 Å². The van der Waals surface area contributed by atoms with Crippen LogP contribution >= 0.6 is 0 Å². The van der Waals surface area contributed by atoms with E-state index < -0.39 is 0 Å². The van der Waals surface area contributed by atoms with Crippen molar-refractivity contribution in [1.82, 2.24) is 9.97 Å². The average molecular weight is 194 g/mol. The van der Waals surface area contributed by atoms with Crippen LogP contribution in [0.1, 0.15) is 6.92 Å². The maximum atomic E-state index is 5.59. The Morgan fingerprint density at radius 1 is 1.57 bits per heavy atom. The smallest absolute Gasteiger partial charge is 0.134 e. The molecule has 5 nitrogen and oxygen atoms in total. The molecule has 2 N–H and O–H groups in total. The number of nitrogens with zero attached hydrogens (tertiary/aromatic N) is 3. The molecule has 0 amide bonds. The molecule has 2 rings (SSSR count). The van der Waals surface area contributed by atoms with Crippen molar-refractivity contribution in [3.8, 4) is 0 Å². The SMILES string of the molecule is CC1CN(c2cc(N)ncn2)CCO1. The lowest BCUT2D eigenvalue weighted by molar-refractivity contribution is 0.0529. The van der Waals surface area contributed by atoms with Crippen LogP contribution in [0, 0.1) is 0 Å². The number of nitrogen functional groups attached to an aromatic ring is 1. The minimum atomic E-state index is 0.250. The van der Waals surface area contributed by atoms with E-state index >= 15 is 0 Å². The van der Waals surface area contributed by atoms with Gasteiger partial charge in [-0.05, 0) is 6.92 Å². The van der Waals surface area contributed by atoms with Crippen molar-refractivity contribution in [2.75, 3.05) is 30.3 Å². The molecule has 1 aliphatic heterocycles. The number of hydrogen-bond donors (Lipinski definition) is 1. The van der Waals surface area contributed by atoms with Crippen LogP contribution in [0.2, 0.25) is 0 Å². The van der Waals surface area contributed by atoms with Gasteiger partial charge < -0.3 is 15.4 Å². The highest BCUT2D eigenvalue weighted by atomic mass is 16.5. The number of ether oxygens (including phenoxy) is 1. The zero-order valence-corrected chi connectivity index (χ0v) is 8.18. The third-order valence-electron chi connectivity index (χ3n) is 2.24. The van der Waals surface area contributed by atoms with Crippen LogP contribution in [0.5, 0.6) is 0 Å². The Balaban J connectivity index is 2.14. The molecular weight excluding hydrogens is 180 g/mol. The minimum absolute atomic E-state index is 0.250. The Morgan fingerprint density at radius 2 is 2.43 bits per heavy atom. The molecule has 1 aliphatic rings. The molecule has 0 bridgehead atoms. The van der Waals surface area contributed by atoms with Gasteiger partial charge in [0, 0.05) is 19.2 Å². The van der Waals surface area contributed by atoms with Gasteiger partial charge in [-0.15, -0.1) is 0 Å². The molecule has 5 heteroatoms. The predicted octanol–water partition coefficient (Wildman–Crippen LogP) is 0.284. The van der Waals surface area contributed by atoms with E-state index in [0.29, 0.717) is 5.82 Å². The second-order valence-corrected chi connectivity index (χ2v) is 3.43. The summed E-state index contributed by atoms with van der Waals surface area (Å²) in [6.45, 7) is 4.51. The van der Waals surface area contributed by atoms with Crippen molar-refractivity contribution in [3.63, 3.8) is 0 Å². The zero-order chi connectivity index (χ0) is 9.97. The van der Waals surface area contributed by atoms with Crippen LogP contribution in [-0.2, 0) is 4.74 Å². The van der Waals surface area contributed by atoms with Crippen LogP contribution in [0.25, 0.3) is 0 Å². The summed E-state index contributed by atoms with van der Waals surface area (Å²) in [4.78, 5) is 10.2. The summed E-state index contributed by atoms with van der Waals surface area (Å²) in [7, 11) is 0. The van der Waals surface area contributed by atoms with Crippen molar-refractivity contribution in [2.24, 2.45) is 0 Å². The van der Waals surface area contributed by atoms with E-state index in [4.69, 9.17) is 10.5 Å². The van der Waals surface area contributed by atoms with Crippen molar-refractivity contribution in [3.05, 3.63) is 12.4 Å². The molecule has 1 aromatic rings. The summed E-state index contributed by atoms with van der Waals surface area (Å²) in [6, 6.07) is 1.79. The summed E-state index contributed by atoms with van der Waals surface area (Å²) >= 11 is 0. The molecule has 0 aliphatic carbocycles. The largest absolute Gasteiger partial charge is 0.384 e. The van der Waals surface area contributed by atoms with E-state index in [0.717, 1.165) is 25.5 Å². The van der Waals surface area contributed by atoms with E-state index in [9.17, 15) is 0 Å². The highest BCUT2D eigenvalue weighted by molar-refractivity contribution is 5.46. The first kappa shape index (κ1) is 9.21. The van der Waals surface area contributed by atoms with Crippen molar-refractivity contribution in [1.29, 1.82) is 0 Å². The summed E-state index contributed by atoms with van der Waals surface area (Å²) < 4.78 is 5.44. The van der Waals surface area contributed by atoms with Gasteiger partial charge in [0.05, 0.1) is 12.7 Å². The molecule has 1 fully saturated rings. The Kier molecular flexibility index (Phi) is 2.49. The number of anilines is 2. The van der Waals surface area contributed by atoms with Crippen LogP contribution in [0.3, 0.4) is 0 Å². The topological polar surface area (TPSA) is 64.3 Å². The number of nitrogens with two attached hydrogens (primary N) is 1. The molecule has 0 saturated carbocycles. The molecule has 14 heavy (non-hydrogen) atoms. The molecular formula is C9H14N4O. The fourth-order valence-corrected chi connectivity index (χ4v) is 1.56. The average Bonchev–Trinajstić information content (AvgIpc) is 2.18. The second kappa shape index (κ2) is 3.79. The molecule has 1 saturated heterocycles. The molecule has 0 spiro atoms. The van der Waals surface area contributed by atoms with E-state index in [1.165, 1.54) is 6.33 Å². The van der Waals surface area contributed by atoms with Gasteiger partial charge in [-0.1, -0.05) is 0 Å². The van der Waals surface area contributed by atoms with Gasteiger partial charge in [-0.3, -0.25) is 0 Å². The molecule has 0 radical (unpaired) electrons. The fourth-order valence-electron chi connectivity index (χ4n) is 1.56. The van der Waals surface area contributed by atoms with Gasteiger partial charge >= 0.3 is 0 Å². The number of hydrogen-bond acceptors (Lipinski definition) is 5.